The molecule has 0 amide bonds. The molecule has 120 valence electrons. The van der Waals surface area contributed by atoms with Crippen LogP contribution in [-0.4, -0.2) is 39.5 Å². The minimum absolute atomic E-state index is 0. The third kappa shape index (κ3) is 6.40. The highest BCUT2D eigenvalue weighted by Crippen LogP contribution is 2.12. The molecule has 0 atom stereocenters. The average Bonchev–Trinajstić information content (AvgIpc) is 2.45. The number of hydrogen-bond acceptors (Lipinski definition) is 3. The molecular weight excluding hydrogens is 423 g/mol. The Balaban J connectivity index is 0.00000220. The lowest BCUT2D eigenvalue weighted by atomic mass is 10.1. The van der Waals surface area contributed by atoms with Gasteiger partial charge >= 0.3 is 0 Å². The van der Waals surface area contributed by atoms with E-state index in [-0.39, 0.29) is 12.4 Å². The molecule has 0 unspecified atom stereocenters. The molecule has 1 aliphatic rings. The Bertz CT molecular complexity index is 516. The van der Waals surface area contributed by atoms with Gasteiger partial charge in [-0.05, 0) is 85.8 Å². The number of piperidine rings is 1. The summed E-state index contributed by atoms with van der Waals surface area (Å²) in [7, 11) is -3.35. The van der Waals surface area contributed by atoms with Crippen LogP contribution in [-0.2, 0) is 10.0 Å². The summed E-state index contributed by atoms with van der Waals surface area (Å²) in [6.45, 7) is 3.80. The van der Waals surface area contributed by atoms with E-state index in [0.717, 1.165) is 29.6 Å². The number of nitrogens with one attached hydrogen (secondary N) is 1. The number of hydrogen-bond donors (Lipinski definition) is 1. The van der Waals surface area contributed by atoms with E-state index in [9.17, 15) is 8.42 Å². The van der Waals surface area contributed by atoms with Crippen molar-refractivity contribution in [1.82, 2.24) is 9.62 Å². The molecule has 1 aromatic carbocycles. The topological polar surface area (TPSA) is 49.4 Å². The number of likely N-dealkylation sites (tertiary alicyclic amines) is 1. The van der Waals surface area contributed by atoms with E-state index in [1.54, 1.807) is 12.1 Å². The normalized spacial score (nSPS) is 16.4. The molecule has 0 radical (unpaired) electrons. The molecule has 7 heteroatoms. The van der Waals surface area contributed by atoms with Crippen LogP contribution in [0.3, 0.4) is 0 Å². The van der Waals surface area contributed by atoms with Crippen LogP contribution in [0.4, 0.5) is 0 Å². The predicted molar refractivity (Wildman–Crippen MR) is 96.5 cm³/mol. The lowest BCUT2D eigenvalue weighted by molar-refractivity contribution is 0.227. The summed E-state index contributed by atoms with van der Waals surface area (Å²) < 4.78 is 27.8. The molecule has 0 saturated carbocycles. The zero-order valence-electron chi connectivity index (χ0n) is 11.9. The Kier molecular flexibility index (Phi) is 8.48. The van der Waals surface area contributed by atoms with Crippen molar-refractivity contribution in [3.8, 4) is 0 Å². The monoisotopic (exact) mass is 444 g/mol. The summed E-state index contributed by atoms with van der Waals surface area (Å²) in [5, 5.41) is 0. The van der Waals surface area contributed by atoms with Crippen molar-refractivity contribution in [1.29, 1.82) is 0 Å². The van der Waals surface area contributed by atoms with Crippen LogP contribution in [0.5, 0.6) is 0 Å². The zero-order chi connectivity index (χ0) is 14.4. The molecule has 0 aromatic heterocycles. The molecule has 0 bridgehead atoms. The SMILES string of the molecule is Cl.O=S(=O)(NCCCN1CCCCC1)c1ccc(I)cc1. The zero-order valence-corrected chi connectivity index (χ0v) is 15.7. The van der Waals surface area contributed by atoms with Crippen LogP contribution >= 0.6 is 35.0 Å². The van der Waals surface area contributed by atoms with E-state index >= 15 is 0 Å². The Morgan fingerprint density at radius 1 is 1.10 bits per heavy atom. The van der Waals surface area contributed by atoms with Gasteiger partial charge in [-0.3, -0.25) is 0 Å². The van der Waals surface area contributed by atoms with Crippen molar-refractivity contribution >= 4 is 45.0 Å². The maximum atomic E-state index is 12.1. The number of halogens is 2. The van der Waals surface area contributed by atoms with Crippen molar-refractivity contribution < 1.29 is 8.42 Å². The van der Waals surface area contributed by atoms with E-state index in [4.69, 9.17) is 0 Å². The highest BCUT2D eigenvalue weighted by Gasteiger charge is 2.14. The minimum atomic E-state index is -3.35. The molecule has 1 saturated heterocycles. The summed E-state index contributed by atoms with van der Waals surface area (Å²) in [6.07, 6.45) is 4.74. The second-order valence-corrected chi connectivity index (χ2v) is 8.12. The van der Waals surface area contributed by atoms with Crippen molar-refractivity contribution in [2.24, 2.45) is 0 Å². The van der Waals surface area contributed by atoms with Gasteiger partial charge in [0.15, 0.2) is 0 Å². The third-order valence-corrected chi connectivity index (χ3v) is 5.71. The molecule has 1 aromatic rings. The van der Waals surface area contributed by atoms with Gasteiger partial charge in [-0.1, -0.05) is 6.42 Å². The second-order valence-electron chi connectivity index (χ2n) is 5.11. The van der Waals surface area contributed by atoms with Crippen molar-refractivity contribution in [3.05, 3.63) is 27.8 Å². The molecule has 1 aliphatic heterocycles. The van der Waals surface area contributed by atoms with Gasteiger partial charge in [0.25, 0.3) is 0 Å². The second kappa shape index (κ2) is 9.29. The molecule has 2 rings (SSSR count). The lowest BCUT2D eigenvalue weighted by Gasteiger charge is -2.26. The van der Waals surface area contributed by atoms with Gasteiger partial charge in [0, 0.05) is 10.1 Å². The smallest absolute Gasteiger partial charge is 0.240 e. The Morgan fingerprint density at radius 3 is 2.33 bits per heavy atom. The van der Waals surface area contributed by atoms with Gasteiger partial charge in [-0.25, -0.2) is 13.1 Å². The quantitative estimate of drug-likeness (QED) is 0.542. The number of sulfonamides is 1. The average molecular weight is 445 g/mol. The predicted octanol–water partition coefficient (Wildman–Crippen LogP) is 2.87. The summed E-state index contributed by atoms with van der Waals surface area (Å²) in [6, 6.07) is 6.91. The minimum Gasteiger partial charge on any atom is -0.303 e. The summed E-state index contributed by atoms with van der Waals surface area (Å²) >= 11 is 2.16. The number of benzene rings is 1. The van der Waals surface area contributed by atoms with Crippen LogP contribution in [0.1, 0.15) is 25.7 Å². The first-order valence-corrected chi connectivity index (χ1v) is 9.62. The van der Waals surface area contributed by atoms with E-state index in [1.807, 2.05) is 12.1 Å². The van der Waals surface area contributed by atoms with Gasteiger partial charge in [0.1, 0.15) is 0 Å². The standard InChI is InChI=1S/C14H21IN2O2S.ClH/c15-13-5-7-14(8-6-13)20(18,19)16-9-4-12-17-10-2-1-3-11-17;/h5-8,16H,1-4,9-12H2;1H. The fraction of sp³-hybridized carbons (Fsp3) is 0.571. The highest BCUT2D eigenvalue weighted by molar-refractivity contribution is 14.1. The first-order valence-electron chi connectivity index (χ1n) is 7.05. The fourth-order valence-corrected chi connectivity index (χ4v) is 3.82. The molecule has 0 spiro atoms. The van der Waals surface area contributed by atoms with Crippen LogP contribution in [0, 0.1) is 3.57 Å². The molecular formula is C14H22ClIN2O2S. The maximum Gasteiger partial charge on any atom is 0.240 e. The molecule has 21 heavy (non-hydrogen) atoms. The molecule has 0 aliphatic carbocycles. The molecule has 1 N–H and O–H groups in total. The van der Waals surface area contributed by atoms with E-state index in [0.29, 0.717) is 11.4 Å². The lowest BCUT2D eigenvalue weighted by Crippen LogP contribution is -2.33. The summed E-state index contributed by atoms with van der Waals surface area (Å²) in [5.74, 6) is 0. The fourth-order valence-electron chi connectivity index (χ4n) is 2.39. The van der Waals surface area contributed by atoms with E-state index < -0.39 is 10.0 Å². The van der Waals surface area contributed by atoms with E-state index in [1.165, 1.54) is 19.3 Å². The van der Waals surface area contributed by atoms with Crippen molar-refractivity contribution in [3.63, 3.8) is 0 Å². The van der Waals surface area contributed by atoms with Crippen LogP contribution in [0.2, 0.25) is 0 Å². The highest BCUT2D eigenvalue weighted by atomic mass is 127. The van der Waals surface area contributed by atoms with Crippen molar-refractivity contribution in [2.45, 2.75) is 30.6 Å². The van der Waals surface area contributed by atoms with Gasteiger partial charge in [-0.2, -0.15) is 0 Å². The maximum absolute atomic E-state index is 12.1. The van der Waals surface area contributed by atoms with Crippen molar-refractivity contribution in [2.75, 3.05) is 26.2 Å². The number of nitrogens with zero attached hydrogens (tertiary/aromatic N) is 1. The molecule has 1 heterocycles. The van der Waals surface area contributed by atoms with E-state index in [2.05, 4.69) is 32.2 Å². The third-order valence-electron chi connectivity index (χ3n) is 3.52. The molecule has 4 nitrogen and oxygen atoms in total. The van der Waals surface area contributed by atoms with Crippen LogP contribution < -0.4 is 4.72 Å². The summed E-state index contributed by atoms with van der Waals surface area (Å²) in [5.41, 5.74) is 0. The molecule has 1 fully saturated rings. The van der Waals surface area contributed by atoms with Gasteiger partial charge in [0.2, 0.25) is 10.0 Å². The number of rotatable bonds is 6. The first-order chi connectivity index (χ1) is 9.58. The Labute approximate surface area is 147 Å². The largest absolute Gasteiger partial charge is 0.303 e. The Hall–Kier alpha value is 0.110. The van der Waals surface area contributed by atoms with Crippen LogP contribution in [0.25, 0.3) is 0 Å². The summed E-state index contributed by atoms with van der Waals surface area (Å²) in [4.78, 5) is 2.76. The van der Waals surface area contributed by atoms with Gasteiger partial charge < -0.3 is 4.90 Å². The Morgan fingerprint density at radius 2 is 1.71 bits per heavy atom. The van der Waals surface area contributed by atoms with Gasteiger partial charge in [-0.15, -0.1) is 12.4 Å². The van der Waals surface area contributed by atoms with Gasteiger partial charge in [0.05, 0.1) is 4.90 Å². The first kappa shape index (κ1) is 19.2. The van der Waals surface area contributed by atoms with Crippen LogP contribution in [0.15, 0.2) is 29.2 Å².